The van der Waals surface area contributed by atoms with E-state index in [1.165, 1.54) is 0 Å². The summed E-state index contributed by atoms with van der Waals surface area (Å²) < 4.78 is 0. The molecule has 0 spiro atoms. The highest BCUT2D eigenvalue weighted by Gasteiger charge is 2.24. The average Bonchev–Trinajstić information content (AvgIpc) is 2.72. The molecule has 92 valence electrons. The largest absolute Gasteiger partial charge is 0.476 e. The molecule has 0 radical (unpaired) electrons. The molecule has 1 saturated heterocycles. The highest BCUT2D eigenvalue weighted by Crippen LogP contribution is 2.17. The zero-order chi connectivity index (χ0) is 12.4. The van der Waals surface area contributed by atoms with Gasteiger partial charge >= 0.3 is 5.97 Å². The molecule has 0 bridgehead atoms. The second kappa shape index (κ2) is 4.93. The zero-order valence-corrected chi connectivity index (χ0v) is 10.4. The predicted molar refractivity (Wildman–Crippen MR) is 63.1 cm³/mol. The van der Waals surface area contributed by atoms with E-state index in [4.69, 9.17) is 5.11 Å². The summed E-state index contributed by atoms with van der Waals surface area (Å²) in [5.41, 5.74) is 0.772. The van der Waals surface area contributed by atoms with Crippen molar-refractivity contribution in [3.63, 3.8) is 0 Å². The number of likely N-dealkylation sites (tertiary alicyclic amines) is 1. The van der Waals surface area contributed by atoms with Crippen molar-refractivity contribution in [2.75, 3.05) is 13.1 Å². The third-order valence-electron chi connectivity index (χ3n) is 2.88. The fourth-order valence-electron chi connectivity index (χ4n) is 1.95. The predicted octanol–water partition coefficient (Wildman–Crippen LogP) is 1.25. The van der Waals surface area contributed by atoms with Gasteiger partial charge in [0.25, 0.3) is 0 Å². The monoisotopic (exact) mass is 254 g/mol. The first-order valence-corrected chi connectivity index (χ1v) is 6.37. The molecule has 2 heterocycles. The van der Waals surface area contributed by atoms with Gasteiger partial charge in [-0.1, -0.05) is 6.92 Å². The molecule has 5 nitrogen and oxygen atoms in total. The molecule has 6 heteroatoms. The van der Waals surface area contributed by atoms with E-state index in [9.17, 15) is 9.59 Å². The molecular formula is C11H14N2O3S. The Balaban J connectivity index is 1.96. The molecule has 1 N–H and O–H groups in total. The van der Waals surface area contributed by atoms with Crippen LogP contribution in [0.2, 0.25) is 0 Å². The normalized spacial score (nSPS) is 21.7. The molecule has 0 amide bonds. The molecule has 0 aromatic carbocycles. The van der Waals surface area contributed by atoms with Crippen LogP contribution in [-0.2, 0) is 11.3 Å². The van der Waals surface area contributed by atoms with Crippen molar-refractivity contribution >= 4 is 23.1 Å². The van der Waals surface area contributed by atoms with E-state index in [1.54, 1.807) is 5.38 Å². The minimum atomic E-state index is -0.983. The SMILES string of the molecule is CC1CN(Cc2csc(C(=O)O)n2)CCC1=O. The number of rotatable bonds is 3. The van der Waals surface area contributed by atoms with Crippen LogP contribution in [0.4, 0.5) is 0 Å². The molecule has 17 heavy (non-hydrogen) atoms. The van der Waals surface area contributed by atoms with Gasteiger partial charge in [-0.05, 0) is 0 Å². The lowest BCUT2D eigenvalue weighted by Crippen LogP contribution is -2.39. The highest BCUT2D eigenvalue weighted by atomic mass is 32.1. The van der Waals surface area contributed by atoms with Gasteiger partial charge in [0.15, 0.2) is 0 Å². The number of piperidine rings is 1. The van der Waals surface area contributed by atoms with Gasteiger partial charge in [-0.3, -0.25) is 9.69 Å². The van der Waals surface area contributed by atoms with Crippen LogP contribution in [0, 0.1) is 5.92 Å². The standard InChI is InChI=1S/C11H14N2O3S/c1-7-4-13(3-2-9(7)14)5-8-6-17-10(12-8)11(15)16/h6-7H,2-5H2,1H3,(H,15,16). The zero-order valence-electron chi connectivity index (χ0n) is 9.55. The lowest BCUT2D eigenvalue weighted by Gasteiger charge is -2.29. The summed E-state index contributed by atoms with van der Waals surface area (Å²) in [6.07, 6.45) is 0.580. The van der Waals surface area contributed by atoms with Crippen LogP contribution in [0.5, 0.6) is 0 Å². The number of carbonyl (C=O) groups excluding carboxylic acids is 1. The van der Waals surface area contributed by atoms with E-state index in [2.05, 4.69) is 9.88 Å². The Labute approximate surface area is 103 Å². The highest BCUT2D eigenvalue weighted by molar-refractivity contribution is 7.11. The number of nitrogens with zero attached hydrogens (tertiary/aromatic N) is 2. The van der Waals surface area contributed by atoms with Crippen LogP contribution in [0.3, 0.4) is 0 Å². The van der Waals surface area contributed by atoms with E-state index in [1.807, 2.05) is 6.92 Å². The molecule has 1 aliphatic rings. The molecule has 1 aromatic heterocycles. The first-order valence-electron chi connectivity index (χ1n) is 5.49. The van der Waals surface area contributed by atoms with Crippen LogP contribution in [-0.4, -0.2) is 39.8 Å². The topological polar surface area (TPSA) is 70.5 Å². The Morgan fingerprint density at radius 2 is 2.47 bits per heavy atom. The maximum absolute atomic E-state index is 11.4. The lowest BCUT2D eigenvalue weighted by atomic mass is 9.99. The molecule has 0 saturated carbocycles. The second-order valence-corrected chi connectivity index (χ2v) is 5.16. The number of carbonyl (C=O) groups is 2. The summed E-state index contributed by atoms with van der Waals surface area (Å²) in [7, 11) is 0. The molecule has 2 rings (SSSR count). The van der Waals surface area contributed by atoms with Gasteiger partial charge < -0.3 is 5.11 Å². The van der Waals surface area contributed by atoms with E-state index < -0.39 is 5.97 Å². The molecule has 1 aromatic rings. The Hall–Kier alpha value is -1.27. The number of hydrogen-bond acceptors (Lipinski definition) is 5. The smallest absolute Gasteiger partial charge is 0.365 e. The van der Waals surface area contributed by atoms with Crippen molar-refractivity contribution in [1.29, 1.82) is 0 Å². The van der Waals surface area contributed by atoms with E-state index in [0.29, 0.717) is 18.7 Å². The van der Waals surface area contributed by atoms with E-state index in [-0.39, 0.29) is 10.9 Å². The molecule has 1 aliphatic heterocycles. The Morgan fingerprint density at radius 3 is 3.06 bits per heavy atom. The first kappa shape index (κ1) is 12.2. The Morgan fingerprint density at radius 1 is 1.71 bits per heavy atom. The average molecular weight is 254 g/mol. The summed E-state index contributed by atoms with van der Waals surface area (Å²) in [5.74, 6) is -0.601. The van der Waals surface area contributed by atoms with Crippen LogP contribution < -0.4 is 0 Å². The molecule has 1 atom stereocenters. The van der Waals surface area contributed by atoms with Gasteiger partial charge in [-0.15, -0.1) is 11.3 Å². The summed E-state index contributed by atoms with van der Waals surface area (Å²) in [6.45, 7) is 4.03. The number of thiazole rings is 1. The van der Waals surface area contributed by atoms with Crippen LogP contribution >= 0.6 is 11.3 Å². The lowest BCUT2D eigenvalue weighted by molar-refractivity contribution is -0.125. The van der Waals surface area contributed by atoms with Gasteiger partial charge in [-0.25, -0.2) is 9.78 Å². The third-order valence-corrected chi connectivity index (χ3v) is 3.76. The van der Waals surface area contributed by atoms with Gasteiger partial charge in [0.2, 0.25) is 5.01 Å². The van der Waals surface area contributed by atoms with Crippen molar-refractivity contribution in [3.8, 4) is 0 Å². The minimum absolute atomic E-state index is 0.0707. The van der Waals surface area contributed by atoms with Crippen molar-refractivity contribution in [1.82, 2.24) is 9.88 Å². The number of aromatic carboxylic acids is 1. The number of carboxylic acids is 1. The van der Waals surface area contributed by atoms with Crippen LogP contribution in [0.25, 0.3) is 0 Å². The van der Waals surface area contributed by atoms with Gasteiger partial charge in [0.1, 0.15) is 5.78 Å². The Bertz CT molecular complexity index is 444. The van der Waals surface area contributed by atoms with Crippen molar-refractivity contribution in [3.05, 3.63) is 16.1 Å². The number of ketones is 1. The molecule has 1 unspecified atom stereocenters. The van der Waals surface area contributed by atoms with Crippen LogP contribution in [0.15, 0.2) is 5.38 Å². The van der Waals surface area contributed by atoms with Crippen molar-refractivity contribution in [2.24, 2.45) is 5.92 Å². The van der Waals surface area contributed by atoms with E-state index >= 15 is 0 Å². The first-order chi connectivity index (χ1) is 8.06. The second-order valence-electron chi connectivity index (χ2n) is 4.30. The maximum Gasteiger partial charge on any atom is 0.365 e. The van der Waals surface area contributed by atoms with Crippen LogP contribution in [0.1, 0.15) is 28.8 Å². The maximum atomic E-state index is 11.4. The van der Waals surface area contributed by atoms with Gasteiger partial charge in [-0.2, -0.15) is 0 Å². The number of hydrogen-bond donors (Lipinski definition) is 1. The molecule has 0 aliphatic carbocycles. The fraction of sp³-hybridized carbons (Fsp3) is 0.545. The summed E-state index contributed by atoms with van der Waals surface area (Å²) in [4.78, 5) is 28.2. The van der Waals surface area contributed by atoms with Crippen molar-refractivity contribution in [2.45, 2.75) is 19.9 Å². The summed E-state index contributed by atoms with van der Waals surface area (Å²) in [6, 6.07) is 0. The molecule has 1 fully saturated rings. The van der Waals surface area contributed by atoms with Gasteiger partial charge in [0.05, 0.1) is 5.69 Å². The summed E-state index contributed by atoms with van der Waals surface area (Å²) in [5, 5.41) is 10.7. The van der Waals surface area contributed by atoms with Crippen molar-refractivity contribution < 1.29 is 14.7 Å². The van der Waals surface area contributed by atoms with E-state index in [0.717, 1.165) is 30.1 Å². The minimum Gasteiger partial charge on any atom is -0.476 e. The number of aromatic nitrogens is 1. The number of carboxylic acid groups (broad SMARTS) is 1. The molecular weight excluding hydrogens is 240 g/mol. The quantitative estimate of drug-likeness (QED) is 0.879. The summed E-state index contributed by atoms with van der Waals surface area (Å²) >= 11 is 1.14. The number of Topliss-reactive ketones (excluding diaryl/α,β-unsaturated/α-hetero) is 1. The fourth-order valence-corrected chi connectivity index (χ4v) is 2.59. The third kappa shape index (κ3) is 2.89. The Kier molecular flexibility index (Phi) is 3.54. The van der Waals surface area contributed by atoms with Gasteiger partial charge in [0, 0.05) is 37.4 Å².